The van der Waals surface area contributed by atoms with E-state index < -0.39 is 0 Å². The molecule has 0 aromatic carbocycles. The van der Waals surface area contributed by atoms with E-state index in [1.807, 2.05) is 11.5 Å². The van der Waals surface area contributed by atoms with Crippen LogP contribution in [0.4, 0.5) is 0 Å². The van der Waals surface area contributed by atoms with Crippen molar-refractivity contribution in [3.63, 3.8) is 0 Å². The van der Waals surface area contributed by atoms with Crippen molar-refractivity contribution in [2.75, 3.05) is 13.7 Å². The molecule has 1 atom stereocenters. The summed E-state index contributed by atoms with van der Waals surface area (Å²) in [7, 11) is 1.65. The molecule has 12 heavy (non-hydrogen) atoms. The first-order valence-corrected chi connectivity index (χ1v) is 3.75. The number of carbonyl (C=O) groups excluding carboxylic acids is 1. The topological polar surface area (TPSA) is 44.1 Å². The first-order chi connectivity index (χ1) is 5.77. The van der Waals surface area contributed by atoms with Crippen molar-refractivity contribution in [3.05, 3.63) is 18.2 Å². The van der Waals surface area contributed by atoms with Crippen LogP contribution in [0.25, 0.3) is 0 Å². The molecule has 0 amide bonds. The van der Waals surface area contributed by atoms with Gasteiger partial charge >= 0.3 is 0 Å². The second-order valence-corrected chi connectivity index (χ2v) is 2.67. The van der Waals surface area contributed by atoms with E-state index in [1.54, 1.807) is 19.6 Å². The summed E-state index contributed by atoms with van der Waals surface area (Å²) < 4.78 is 6.82. The third-order valence-corrected chi connectivity index (χ3v) is 1.66. The van der Waals surface area contributed by atoms with E-state index in [1.165, 1.54) is 0 Å². The molecule has 4 heteroatoms. The maximum absolute atomic E-state index is 10.3. The molecule has 0 radical (unpaired) electrons. The molecule has 0 unspecified atom stereocenters. The highest BCUT2D eigenvalue weighted by Gasteiger charge is 2.04. The third kappa shape index (κ3) is 1.92. The Kier molecular flexibility index (Phi) is 2.99. The summed E-state index contributed by atoms with van der Waals surface area (Å²) in [5.41, 5.74) is 0.456. The fourth-order valence-corrected chi connectivity index (χ4v) is 0.982. The number of aldehydes is 1. The fourth-order valence-electron chi connectivity index (χ4n) is 0.982. The van der Waals surface area contributed by atoms with Crippen LogP contribution >= 0.6 is 0 Å². The van der Waals surface area contributed by atoms with E-state index in [9.17, 15) is 4.79 Å². The first-order valence-electron chi connectivity index (χ1n) is 3.75. The number of carbonyl (C=O) groups is 1. The average molecular weight is 168 g/mol. The molecule has 0 bridgehead atoms. The number of methoxy groups -OCH3 is 1. The van der Waals surface area contributed by atoms with Crippen LogP contribution in [0.1, 0.15) is 23.5 Å². The van der Waals surface area contributed by atoms with E-state index in [4.69, 9.17) is 4.74 Å². The van der Waals surface area contributed by atoms with E-state index in [0.29, 0.717) is 12.3 Å². The number of aromatic nitrogens is 2. The van der Waals surface area contributed by atoms with Crippen molar-refractivity contribution in [3.8, 4) is 0 Å². The standard InChI is InChI=1S/C8H12N2O2/c1-7(5-12-2)10-3-8(4-11)9-6-10/h3-4,6-7H,5H2,1-2H3/t7-/m0/s1. The van der Waals surface area contributed by atoms with Gasteiger partial charge in [-0.15, -0.1) is 0 Å². The highest BCUT2D eigenvalue weighted by molar-refractivity contribution is 5.70. The van der Waals surface area contributed by atoms with Gasteiger partial charge in [0.15, 0.2) is 6.29 Å². The van der Waals surface area contributed by atoms with Gasteiger partial charge in [0.1, 0.15) is 5.69 Å². The Labute approximate surface area is 71.2 Å². The molecule has 0 aliphatic heterocycles. The van der Waals surface area contributed by atoms with Crippen LogP contribution < -0.4 is 0 Å². The van der Waals surface area contributed by atoms with Gasteiger partial charge < -0.3 is 9.30 Å². The predicted molar refractivity (Wildman–Crippen MR) is 44.2 cm³/mol. The maximum atomic E-state index is 10.3. The van der Waals surface area contributed by atoms with Crippen molar-refractivity contribution in [1.82, 2.24) is 9.55 Å². The summed E-state index contributed by atoms with van der Waals surface area (Å²) in [6.07, 6.45) is 4.07. The summed E-state index contributed by atoms with van der Waals surface area (Å²) in [4.78, 5) is 14.2. The van der Waals surface area contributed by atoms with Crippen LogP contribution in [0.3, 0.4) is 0 Å². The summed E-state index contributed by atoms with van der Waals surface area (Å²) >= 11 is 0. The molecular weight excluding hydrogens is 156 g/mol. The van der Waals surface area contributed by atoms with Gasteiger partial charge in [0.2, 0.25) is 0 Å². The largest absolute Gasteiger partial charge is 0.383 e. The normalized spacial score (nSPS) is 12.8. The fraction of sp³-hybridized carbons (Fsp3) is 0.500. The molecule has 0 aliphatic rings. The second kappa shape index (κ2) is 4.01. The summed E-state index contributed by atoms with van der Waals surface area (Å²) in [6.45, 7) is 2.62. The molecule has 0 saturated heterocycles. The SMILES string of the molecule is COC[C@H](C)n1cnc(C=O)c1. The minimum Gasteiger partial charge on any atom is -0.383 e. The van der Waals surface area contributed by atoms with Gasteiger partial charge in [-0.1, -0.05) is 0 Å². The number of nitrogens with zero attached hydrogens (tertiary/aromatic N) is 2. The van der Waals surface area contributed by atoms with Crippen molar-refractivity contribution < 1.29 is 9.53 Å². The minimum absolute atomic E-state index is 0.219. The molecule has 1 rings (SSSR count). The van der Waals surface area contributed by atoms with Crippen molar-refractivity contribution >= 4 is 6.29 Å². The number of rotatable bonds is 4. The summed E-state index contributed by atoms with van der Waals surface area (Å²) in [6, 6.07) is 0.219. The number of hydrogen-bond acceptors (Lipinski definition) is 3. The number of ether oxygens (including phenoxy) is 1. The Morgan fingerprint density at radius 3 is 3.08 bits per heavy atom. The molecule has 66 valence electrons. The van der Waals surface area contributed by atoms with Gasteiger partial charge in [-0.2, -0.15) is 0 Å². The van der Waals surface area contributed by atoms with Gasteiger partial charge in [0, 0.05) is 13.3 Å². The zero-order chi connectivity index (χ0) is 8.97. The average Bonchev–Trinajstić information content (AvgIpc) is 2.52. The monoisotopic (exact) mass is 168 g/mol. The Morgan fingerprint density at radius 1 is 1.83 bits per heavy atom. The summed E-state index contributed by atoms with van der Waals surface area (Å²) in [5, 5.41) is 0. The van der Waals surface area contributed by atoms with Crippen LogP contribution in [0.15, 0.2) is 12.5 Å². The zero-order valence-electron chi connectivity index (χ0n) is 7.23. The molecule has 0 spiro atoms. The second-order valence-electron chi connectivity index (χ2n) is 2.67. The Hall–Kier alpha value is -1.16. The zero-order valence-corrected chi connectivity index (χ0v) is 7.23. The Bertz CT molecular complexity index is 257. The highest BCUT2D eigenvalue weighted by atomic mass is 16.5. The predicted octanol–water partition coefficient (Wildman–Crippen LogP) is 0.903. The van der Waals surface area contributed by atoms with Crippen LogP contribution in [-0.4, -0.2) is 29.6 Å². The van der Waals surface area contributed by atoms with Crippen LogP contribution in [0, 0.1) is 0 Å². The molecule has 0 N–H and O–H groups in total. The molecule has 1 aromatic heterocycles. The Balaban J connectivity index is 2.67. The lowest BCUT2D eigenvalue weighted by atomic mass is 10.3. The van der Waals surface area contributed by atoms with Crippen molar-refractivity contribution in [2.24, 2.45) is 0 Å². The lowest BCUT2D eigenvalue weighted by Gasteiger charge is -2.10. The van der Waals surface area contributed by atoms with Gasteiger partial charge in [-0.25, -0.2) is 4.98 Å². The molecule has 0 aliphatic carbocycles. The first kappa shape index (κ1) is 8.93. The lowest BCUT2D eigenvalue weighted by Crippen LogP contribution is -2.08. The Morgan fingerprint density at radius 2 is 2.58 bits per heavy atom. The van der Waals surface area contributed by atoms with Crippen LogP contribution in [-0.2, 0) is 4.74 Å². The van der Waals surface area contributed by atoms with Crippen molar-refractivity contribution in [2.45, 2.75) is 13.0 Å². The lowest BCUT2D eigenvalue weighted by molar-refractivity contribution is 0.111. The van der Waals surface area contributed by atoms with E-state index in [-0.39, 0.29) is 6.04 Å². The number of hydrogen-bond donors (Lipinski definition) is 0. The van der Waals surface area contributed by atoms with E-state index in [2.05, 4.69) is 4.98 Å². The summed E-state index contributed by atoms with van der Waals surface area (Å²) in [5.74, 6) is 0. The third-order valence-electron chi connectivity index (χ3n) is 1.66. The van der Waals surface area contributed by atoms with Gasteiger partial charge in [0.05, 0.1) is 19.0 Å². The van der Waals surface area contributed by atoms with Gasteiger partial charge in [-0.3, -0.25) is 4.79 Å². The quantitative estimate of drug-likeness (QED) is 0.627. The van der Waals surface area contributed by atoms with E-state index >= 15 is 0 Å². The molecular formula is C8H12N2O2. The smallest absolute Gasteiger partial charge is 0.169 e. The number of imidazole rings is 1. The highest BCUT2D eigenvalue weighted by Crippen LogP contribution is 2.05. The van der Waals surface area contributed by atoms with Gasteiger partial charge in [0.25, 0.3) is 0 Å². The molecule has 0 fully saturated rings. The molecule has 1 heterocycles. The van der Waals surface area contributed by atoms with Crippen molar-refractivity contribution in [1.29, 1.82) is 0 Å². The maximum Gasteiger partial charge on any atom is 0.169 e. The molecule has 1 aromatic rings. The van der Waals surface area contributed by atoms with Crippen LogP contribution in [0.2, 0.25) is 0 Å². The minimum atomic E-state index is 0.219. The molecule has 0 saturated carbocycles. The van der Waals surface area contributed by atoms with E-state index in [0.717, 1.165) is 6.29 Å². The molecule has 4 nitrogen and oxygen atoms in total. The van der Waals surface area contributed by atoms with Crippen LogP contribution in [0.5, 0.6) is 0 Å². The van der Waals surface area contributed by atoms with Gasteiger partial charge in [-0.05, 0) is 6.92 Å².